The molecule has 1 rings (SSSR count). The third-order valence-electron chi connectivity index (χ3n) is 3.31. The maximum Gasteiger partial charge on any atom is 0.0547 e. The zero-order valence-corrected chi connectivity index (χ0v) is 12.4. The van der Waals surface area contributed by atoms with E-state index in [0.29, 0.717) is 12.1 Å². The highest BCUT2D eigenvalue weighted by atomic mass is 15.1. The normalized spacial score (nSPS) is 13.3. The van der Waals surface area contributed by atoms with Gasteiger partial charge in [-0.2, -0.15) is 0 Å². The molecule has 0 saturated heterocycles. The standard InChI is InChI=1S/C15H27N3/c1-6-13(4)18(5)11-15-9-7-8-14(17-15)10-16-12(2)3/h7-9,12-13,16H,6,10-11H2,1-5H3. The Morgan fingerprint density at radius 3 is 2.50 bits per heavy atom. The van der Waals surface area contributed by atoms with Crippen LogP contribution >= 0.6 is 0 Å². The Kier molecular flexibility index (Phi) is 6.30. The molecule has 1 aromatic heterocycles. The van der Waals surface area contributed by atoms with Crippen molar-refractivity contribution in [1.82, 2.24) is 15.2 Å². The Hall–Kier alpha value is -0.930. The average Bonchev–Trinajstić information content (AvgIpc) is 2.35. The smallest absolute Gasteiger partial charge is 0.0547 e. The van der Waals surface area contributed by atoms with Crippen LogP contribution in [0.3, 0.4) is 0 Å². The molecule has 0 aliphatic rings. The predicted octanol–water partition coefficient (Wildman–Crippen LogP) is 2.81. The third-order valence-corrected chi connectivity index (χ3v) is 3.31. The minimum atomic E-state index is 0.498. The van der Waals surface area contributed by atoms with Gasteiger partial charge in [0.15, 0.2) is 0 Å². The van der Waals surface area contributed by atoms with Crippen molar-refractivity contribution in [2.45, 2.75) is 59.3 Å². The van der Waals surface area contributed by atoms with Crippen molar-refractivity contribution in [2.24, 2.45) is 0 Å². The summed E-state index contributed by atoms with van der Waals surface area (Å²) in [6.45, 7) is 10.5. The Morgan fingerprint density at radius 1 is 1.22 bits per heavy atom. The monoisotopic (exact) mass is 249 g/mol. The molecule has 1 N–H and O–H groups in total. The summed E-state index contributed by atoms with van der Waals surface area (Å²) in [5.41, 5.74) is 2.28. The molecular formula is C15H27N3. The average molecular weight is 249 g/mol. The predicted molar refractivity (Wildman–Crippen MR) is 77.4 cm³/mol. The van der Waals surface area contributed by atoms with E-state index in [1.54, 1.807) is 0 Å². The molecule has 0 aliphatic carbocycles. The number of pyridine rings is 1. The summed E-state index contributed by atoms with van der Waals surface area (Å²) < 4.78 is 0. The molecule has 18 heavy (non-hydrogen) atoms. The van der Waals surface area contributed by atoms with Crippen LogP contribution in [0.15, 0.2) is 18.2 Å². The molecule has 1 unspecified atom stereocenters. The number of rotatable bonds is 7. The van der Waals surface area contributed by atoms with Gasteiger partial charge in [0.05, 0.1) is 11.4 Å². The van der Waals surface area contributed by atoms with Gasteiger partial charge in [-0.15, -0.1) is 0 Å². The fourth-order valence-corrected chi connectivity index (χ4v) is 1.75. The second-order valence-electron chi connectivity index (χ2n) is 5.33. The van der Waals surface area contributed by atoms with Gasteiger partial charge in [-0.3, -0.25) is 9.88 Å². The summed E-state index contributed by atoms with van der Waals surface area (Å²) >= 11 is 0. The van der Waals surface area contributed by atoms with Crippen molar-refractivity contribution in [3.05, 3.63) is 29.6 Å². The summed E-state index contributed by atoms with van der Waals surface area (Å²) in [6, 6.07) is 7.40. The van der Waals surface area contributed by atoms with E-state index in [2.05, 4.69) is 63.2 Å². The highest BCUT2D eigenvalue weighted by Crippen LogP contribution is 2.07. The van der Waals surface area contributed by atoms with Crippen molar-refractivity contribution in [3.63, 3.8) is 0 Å². The van der Waals surface area contributed by atoms with Crippen molar-refractivity contribution in [3.8, 4) is 0 Å². The van der Waals surface area contributed by atoms with Crippen molar-refractivity contribution in [2.75, 3.05) is 7.05 Å². The lowest BCUT2D eigenvalue weighted by Crippen LogP contribution is -2.28. The van der Waals surface area contributed by atoms with E-state index < -0.39 is 0 Å². The van der Waals surface area contributed by atoms with Crippen LogP contribution in [-0.4, -0.2) is 29.0 Å². The van der Waals surface area contributed by atoms with Gasteiger partial charge < -0.3 is 5.32 Å². The van der Waals surface area contributed by atoms with Gasteiger partial charge in [-0.25, -0.2) is 0 Å². The zero-order chi connectivity index (χ0) is 13.5. The molecular weight excluding hydrogens is 222 g/mol. The molecule has 0 aromatic carbocycles. The number of nitrogens with zero attached hydrogens (tertiary/aromatic N) is 2. The highest BCUT2D eigenvalue weighted by molar-refractivity contribution is 5.11. The van der Waals surface area contributed by atoms with Crippen LogP contribution in [0.1, 0.15) is 45.5 Å². The van der Waals surface area contributed by atoms with Gasteiger partial charge in [0.1, 0.15) is 0 Å². The molecule has 102 valence electrons. The van der Waals surface area contributed by atoms with E-state index in [1.165, 1.54) is 6.42 Å². The lowest BCUT2D eigenvalue weighted by atomic mass is 10.2. The first-order valence-electron chi connectivity index (χ1n) is 6.91. The molecule has 1 atom stereocenters. The summed E-state index contributed by atoms with van der Waals surface area (Å²) in [7, 11) is 2.16. The molecule has 0 amide bonds. The van der Waals surface area contributed by atoms with Crippen molar-refractivity contribution >= 4 is 0 Å². The van der Waals surface area contributed by atoms with E-state index in [-0.39, 0.29) is 0 Å². The number of nitrogens with one attached hydrogen (secondary N) is 1. The van der Waals surface area contributed by atoms with Crippen LogP contribution in [0.25, 0.3) is 0 Å². The molecule has 0 fully saturated rings. The molecule has 1 aromatic rings. The molecule has 3 nitrogen and oxygen atoms in total. The number of hydrogen-bond acceptors (Lipinski definition) is 3. The van der Waals surface area contributed by atoms with Crippen LogP contribution in [0.2, 0.25) is 0 Å². The van der Waals surface area contributed by atoms with Crippen molar-refractivity contribution < 1.29 is 0 Å². The Balaban J connectivity index is 2.59. The topological polar surface area (TPSA) is 28.2 Å². The van der Waals surface area contributed by atoms with E-state index in [9.17, 15) is 0 Å². The molecule has 1 heterocycles. The summed E-state index contributed by atoms with van der Waals surface area (Å²) in [5, 5.41) is 3.40. The molecule has 0 saturated carbocycles. The Morgan fingerprint density at radius 2 is 1.89 bits per heavy atom. The zero-order valence-electron chi connectivity index (χ0n) is 12.4. The second kappa shape index (κ2) is 7.49. The number of hydrogen-bond donors (Lipinski definition) is 1. The third kappa shape index (κ3) is 5.15. The molecule has 0 radical (unpaired) electrons. The second-order valence-corrected chi connectivity index (χ2v) is 5.33. The van der Waals surface area contributed by atoms with Gasteiger partial charge in [0.25, 0.3) is 0 Å². The van der Waals surface area contributed by atoms with Crippen LogP contribution < -0.4 is 5.32 Å². The minimum Gasteiger partial charge on any atom is -0.309 e. The van der Waals surface area contributed by atoms with Gasteiger partial charge in [0, 0.05) is 25.2 Å². The van der Waals surface area contributed by atoms with E-state index in [4.69, 9.17) is 4.98 Å². The fraction of sp³-hybridized carbons (Fsp3) is 0.667. The molecule has 0 bridgehead atoms. The van der Waals surface area contributed by atoms with Gasteiger partial charge >= 0.3 is 0 Å². The molecule has 0 aliphatic heterocycles. The summed E-state index contributed by atoms with van der Waals surface area (Å²) in [4.78, 5) is 7.05. The van der Waals surface area contributed by atoms with Crippen LogP contribution in [0.4, 0.5) is 0 Å². The Bertz CT molecular complexity index is 349. The Labute approximate surface area is 112 Å². The quantitative estimate of drug-likeness (QED) is 0.805. The first-order valence-corrected chi connectivity index (χ1v) is 6.91. The van der Waals surface area contributed by atoms with Gasteiger partial charge in [-0.05, 0) is 32.5 Å². The minimum absolute atomic E-state index is 0.498. The van der Waals surface area contributed by atoms with Crippen molar-refractivity contribution in [1.29, 1.82) is 0 Å². The number of aromatic nitrogens is 1. The maximum atomic E-state index is 4.70. The van der Waals surface area contributed by atoms with Crippen LogP contribution in [0, 0.1) is 0 Å². The van der Waals surface area contributed by atoms with E-state index in [0.717, 1.165) is 24.5 Å². The first-order chi connectivity index (χ1) is 8.52. The first kappa shape index (κ1) is 15.1. The van der Waals surface area contributed by atoms with Gasteiger partial charge in [0.2, 0.25) is 0 Å². The highest BCUT2D eigenvalue weighted by Gasteiger charge is 2.08. The summed E-state index contributed by atoms with van der Waals surface area (Å²) in [5.74, 6) is 0. The molecule has 0 spiro atoms. The lowest BCUT2D eigenvalue weighted by molar-refractivity contribution is 0.241. The molecule has 3 heteroatoms. The van der Waals surface area contributed by atoms with Gasteiger partial charge in [-0.1, -0.05) is 26.8 Å². The summed E-state index contributed by atoms with van der Waals surface area (Å²) in [6.07, 6.45) is 1.17. The fourth-order valence-electron chi connectivity index (χ4n) is 1.75. The maximum absolute atomic E-state index is 4.70. The van der Waals surface area contributed by atoms with E-state index in [1.807, 2.05) is 0 Å². The van der Waals surface area contributed by atoms with Crippen LogP contribution in [-0.2, 0) is 13.1 Å². The van der Waals surface area contributed by atoms with E-state index >= 15 is 0 Å². The lowest BCUT2D eigenvalue weighted by Gasteiger charge is -2.23. The SMILES string of the molecule is CCC(C)N(C)Cc1cccc(CNC(C)C)n1. The largest absolute Gasteiger partial charge is 0.309 e. The van der Waals surface area contributed by atoms with Crippen LogP contribution in [0.5, 0.6) is 0 Å².